The lowest BCUT2D eigenvalue weighted by Crippen LogP contribution is -2.49. The van der Waals surface area contributed by atoms with E-state index in [1.54, 1.807) is 42.5 Å². The summed E-state index contributed by atoms with van der Waals surface area (Å²) < 4.78 is 28.6. The summed E-state index contributed by atoms with van der Waals surface area (Å²) in [7, 11) is -0.935. The van der Waals surface area contributed by atoms with Crippen LogP contribution in [0.25, 0.3) is 11.3 Å². The minimum Gasteiger partial charge on any atom is -0.272 e. The third-order valence-corrected chi connectivity index (χ3v) is 8.32. The lowest BCUT2D eigenvalue weighted by molar-refractivity contribution is 0.0866. The van der Waals surface area contributed by atoms with Crippen molar-refractivity contribution in [3.63, 3.8) is 0 Å². The summed E-state index contributed by atoms with van der Waals surface area (Å²) in [6.45, 7) is 1.15. The fourth-order valence-corrected chi connectivity index (χ4v) is 5.28. The van der Waals surface area contributed by atoms with E-state index in [4.69, 9.17) is 34.8 Å². The molecule has 0 saturated carbocycles. The molecule has 1 aromatic heterocycles. The van der Waals surface area contributed by atoms with E-state index in [0.29, 0.717) is 50.7 Å². The van der Waals surface area contributed by atoms with Crippen molar-refractivity contribution in [1.82, 2.24) is 24.2 Å². The van der Waals surface area contributed by atoms with Crippen molar-refractivity contribution in [1.29, 1.82) is 0 Å². The maximum atomic E-state index is 14.2. The van der Waals surface area contributed by atoms with Crippen LogP contribution in [0.2, 0.25) is 15.1 Å². The smallest absolute Gasteiger partial charge is 0.272 e. The van der Waals surface area contributed by atoms with E-state index < -0.39 is 16.1 Å². The highest BCUT2D eigenvalue weighted by Gasteiger charge is 2.32. The van der Waals surface area contributed by atoms with Crippen molar-refractivity contribution in [2.45, 2.75) is 25.8 Å². The van der Waals surface area contributed by atoms with Crippen LogP contribution in [0, 0.1) is 0 Å². The summed E-state index contributed by atoms with van der Waals surface area (Å²) in [4.78, 5) is 14.2. The fourth-order valence-electron chi connectivity index (χ4n) is 4.08. The number of carbonyl (C=O) groups is 1. The molecule has 2 aromatic carbocycles. The molecule has 2 heterocycles. The molecule has 0 bridgehead atoms. The molecule has 0 aliphatic carbocycles. The number of piperidine rings is 1. The third kappa shape index (κ3) is 6.28. The van der Waals surface area contributed by atoms with Crippen molar-refractivity contribution in [3.8, 4) is 11.3 Å². The van der Waals surface area contributed by atoms with Gasteiger partial charge in [-0.1, -0.05) is 53.4 Å². The van der Waals surface area contributed by atoms with Crippen LogP contribution in [0.1, 0.15) is 35.3 Å². The Hall–Kier alpha value is -2.18. The van der Waals surface area contributed by atoms with Crippen LogP contribution in [0.4, 0.5) is 5.69 Å². The Labute approximate surface area is 231 Å². The van der Waals surface area contributed by atoms with Crippen LogP contribution in [0.15, 0.2) is 42.5 Å². The molecule has 2 N–H and O–H groups in total. The van der Waals surface area contributed by atoms with Crippen LogP contribution in [-0.2, 0) is 16.8 Å². The molecule has 1 aliphatic heterocycles. The van der Waals surface area contributed by atoms with E-state index >= 15 is 0 Å². The fraction of sp³-hybridized carbons (Fsp3) is 0.333. The molecule has 1 aliphatic rings. The van der Waals surface area contributed by atoms with E-state index in [-0.39, 0.29) is 12.2 Å². The molecular formula is C24H27Cl3N6O3S. The topological polar surface area (TPSA) is 102 Å². The average molecular weight is 586 g/mol. The van der Waals surface area contributed by atoms with E-state index in [1.165, 1.54) is 19.1 Å². The van der Waals surface area contributed by atoms with Gasteiger partial charge in [-0.05, 0) is 43.2 Å². The molecule has 0 spiro atoms. The zero-order chi connectivity index (χ0) is 26.7. The largest absolute Gasteiger partial charge is 0.291 e. The molecule has 1 fully saturated rings. The molecule has 37 heavy (non-hydrogen) atoms. The van der Waals surface area contributed by atoms with Gasteiger partial charge in [0, 0.05) is 54.9 Å². The maximum absolute atomic E-state index is 14.2. The minimum atomic E-state index is -3.78. The van der Waals surface area contributed by atoms with Crippen LogP contribution in [-0.4, -0.2) is 61.0 Å². The first kappa shape index (κ1) is 27.8. The Morgan fingerprint density at radius 3 is 2.30 bits per heavy atom. The Kier molecular flexibility index (Phi) is 8.80. The van der Waals surface area contributed by atoms with Crippen molar-refractivity contribution in [3.05, 3.63) is 68.8 Å². The summed E-state index contributed by atoms with van der Waals surface area (Å²) in [6, 6.07) is 11.9. The highest BCUT2D eigenvalue weighted by Crippen LogP contribution is 2.34. The molecule has 4 rings (SSSR count). The second kappa shape index (κ2) is 11.7. The number of nitrogens with one attached hydrogen (secondary N) is 2. The van der Waals surface area contributed by atoms with E-state index in [9.17, 15) is 13.2 Å². The first-order chi connectivity index (χ1) is 17.6. The van der Waals surface area contributed by atoms with Crippen molar-refractivity contribution < 1.29 is 13.2 Å². The summed E-state index contributed by atoms with van der Waals surface area (Å²) >= 11 is 18.7. The number of rotatable bonds is 8. The number of aromatic amines is 1. The van der Waals surface area contributed by atoms with Gasteiger partial charge in [0.2, 0.25) is 0 Å². The van der Waals surface area contributed by atoms with E-state index in [2.05, 4.69) is 14.9 Å². The normalized spacial score (nSPS) is 14.8. The lowest BCUT2D eigenvalue weighted by Gasteiger charge is -2.37. The van der Waals surface area contributed by atoms with Gasteiger partial charge in [0.25, 0.3) is 16.1 Å². The van der Waals surface area contributed by atoms with Gasteiger partial charge < -0.3 is 0 Å². The summed E-state index contributed by atoms with van der Waals surface area (Å²) in [5, 5.41) is 12.0. The molecule has 9 nitrogen and oxygen atoms in total. The zero-order valence-electron chi connectivity index (χ0n) is 20.3. The molecule has 13 heteroatoms. The number of benzene rings is 2. The Bertz CT molecular complexity index is 1370. The van der Waals surface area contributed by atoms with Gasteiger partial charge in [0.05, 0.1) is 16.4 Å². The number of hydrogen-bond acceptors (Lipinski definition) is 5. The maximum Gasteiger partial charge on any atom is 0.291 e. The van der Waals surface area contributed by atoms with E-state index in [1.807, 2.05) is 5.01 Å². The predicted octanol–water partition coefficient (Wildman–Crippen LogP) is 4.98. The molecule has 198 valence electrons. The second-order valence-electron chi connectivity index (χ2n) is 8.77. The van der Waals surface area contributed by atoms with Crippen molar-refractivity contribution in [2.75, 3.05) is 32.2 Å². The number of hydrazine groups is 1. The summed E-state index contributed by atoms with van der Waals surface area (Å²) in [6.07, 6.45) is 2.90. The number of aromatic nitrogens is 2. The quantitative estimate of drug-likeness (QED) is 0.388. The first-order valence-electron chi connectivity index (χ1n) is 11.6. The predicted molar refractivity (Wildman–Crippen MR) is 147 cm³/mol. The van der Waals surface area contributed by atoms with Crippen molar-refractivity contribution in [2.24, 2.45) is 0 Å². The Morgan fingerprint density at radius 1 is 1.03 bits per heavy atom. The zero-order valence-corrected chi connectivity index (χ0v) is 23.4. The highest BCUT2D eigenvalue weighted by molar-refractivity contribution is 7.87. The second-order valence-corrected chi connectivity index (χ2v) is 12.0. The number of H-pyrrole nitrogens is 1. The number of carbonyl (C=O) groups excluding carboxylic acids is 1. The Balaban J connectivity index is 1.81. The van der Waals surface area contributed by atoms with Crippen molar-refractivity contribution >= 4 is 56.6 Å². The minimum absolute atomic E-state index is 0.142. The average Bonchev–Trinajstić information content (AvgIpc) is 3.29. The number of anilines is 1. The van der Waals surface area contributed by atoms with Crippen LogP contribution < -0.4 is 9.73 Å². The highest BCUT2D eigenvalue weighted by atomic mass is 35.5. The summed E-state index contributed by atoms with van der Waals surface area (Å²) in [5.41, 5.74) is 2.11. The number of nitrogens with zero attached hydrogens (tertiary/aromatic N) is 4. The van der Waals surface area contributed by atoms with Gasteiger partial charge in [-0.15, -0.1) is 0 Å². The van der Waals surface area contributed by atoms with Gasteiger partial charge in [0.15, 0.2) is 0 Å². The molecule has 0 atom stereocenters. The van der Waals surface area contributed by atoms with Gasteiger partial charge in [-0.2, -0.15) is 22.5 Å². The van der Waals surface area contributed by atoms with Crippen LogP contribution >= 0.6 is 34.8 Å². The molecule has 0 unspecified atom stereocenters. The molecule has 1 amide bonds. The number of hydrogen-bond donors (Lipinski definition) is 2. The molecule has 1 saturated heterocycles. The molecule has 3 aromatic rings. The van der Waals surface area contributed by atoms with Gasteiger partial charge in [-0.25, -0.2) is 10.0 Å². The third-order valence-electron chi connectivity index (χ3n) is 6.06. The van der Waals surface area contributed by atoms with Crippen LogP contribution in [0.3, 0.4) is 0 Å². The van der Waals surface area contributed by atoms with E-state index in [0.717, 1.165) is 23.6 Å². The monoisotopic (exact) mass is 584 g/mol. The molecular weight excluding hydrogens is 559 g/mol. The number of halogens is 3. The lowest BCUT2D eigenvalue weighted by atomic mass is 10.1. The molecule has 0 radical (unpaired) electrons. The van der Waals surface area contributed by atoms with Gasteiger partial charge >= 0.3 is 0 Å². The SMILES string of the molecule is CN(C)S(=O)(=O)NCc1c(-c2ccc(Cl)cc2)n[nH]c1C(=O)N(c1ccc(Cl)cc1Cl)N1CCCCC1. The number of amides is 1. The van der Waals surface area contributed by atoms with Gasteiger partial charge in [-0.3, -0.25) is 9.89 Å². The summed E-state index contributed by atoms with van der Waals surface area (Å²) in [5.74, 6) is -0.419. The first-order valence-corrected chi connectivity index (χ1v) is 14.2. The Morgan fingerprint density at radius 2 is 1.68 bits per heavy atom. The standard InChI is InChI=1S/C24H27Cl3N6O3S/c1-31(2)37(35,36)28-15-19-22(16-6-8-17(25)9-7-16)29-30-23(19)24(34)33(32-12-4-3-5-13-32)21-11-10-18(26)14-20(21)27/h6-11,14,28H,3-5,12-13,15H2,1-2H3,(H,29,30). The van der Waals surface area contributed by atoms with Gasteiger partial charge in [0.1, 0.15) is 5.69 Å². The van der Waals surface area contributed by atoms with Crippen LogP contribution in [0.5, 0.6) is 0 Å².